The molecule has 1 saturated heterocycles. The number of amides is 2. The molecule has 8 heteroatoms. The fourth-order valence-electron chi connectivity index (χ4n) is 3.44. The minimum Gasteiger partial charge on any atom is -0.462 e. The van der Waals surface area contributed by atoms with E-state index in [-0.39, 0.29) is 16.2 Å². The van der Waals surface area contributed by atoms with Crippen LogP contribution < -0.4 is 10.4 Å². The molecular formula is C26H23ClN2O5. The van der Waals surface area contributed by atoms with Crippen LogP contribution in [0, 0.1) is 13.8 Å². The second-order valence-corrected chi connectivity index (χ2v) is 8.35. The van der Waals surface area contributed by atoms with E-state index in [0.717, 1.165) is 11.1 Å². The highest BCUT2D eigenvalue weighted by molar-refractivity contribution is 6.33. The second kappa shape index (κ2) is 9.57. The highest BCUT2D eigenvalue weighted by Crippen LogP contribution is 2.29. The van der Waals surface area contributed by atoms with E-state index >= 15 is 0 Å². The predicted molar refractivity (Wildman–Crippen MR) is 129 cm³/mol. The molecule has 0 atom stereocenters. The van der Waals surface area contributed by atoms with E-state index in [0.29, 0.717) is 35.8 Å². The van der Waals surface area contributed by atoms with Gasteiger partial charge >= 0.3 is 5.97 Å². The molecule has 0 radical (unpaired) electrons. The van der Waals surface area contributed by atoms with Crippen LogP contribution in [-0.4, -0.2) is 24.4 Å². The molecule has 1 aliphatic heterocycles. The van der Waals surface area contributed by atoms with Crippen molar-refractivity contribution < 1.29 is 23.5 Å². The SMILES string of the molecule is CCCOC(=O)c1cc(-c2ccc(/C=C3\C(=O)NN(c4ccc(C)c(C)c4)C3=O)o2)ccc1Cl. The molecule has 1 aromatic heterocycles. The molecule has 0 spiro atoms. The zero-order chi connectivity index (χ0) is 24.4. The molecule has 0 saturated carbocycles. The average molecular weight is 479 g/mol. The van der Waals surface area contributed by atoms with Crippen LogP contribution in [0.5, 0.6) is 0 Å². The van der Waals surface area contributed by atoms with Crippen molar-refractivity contribution in [3.8, 4) is 11.3 Å². The Morgan fingerprint density at radius 3 is 2.62 bits per heavy atom. The number of anilines is 1. The molecule has 34 heavy (non-hydrogen) atoms. The van der Waals surface area contributed by atoms with Crippen molar-refractivity contribution in [2.75, 3.05) is 11.6 Å². The average Bonchev–Trinajstić information content (AvgIpc) is 3.40. The molecule has 3 aromatic rings. The summed E-state index contributed by atoms with van der Waals surface area (Å²) in [4.78, 5) is 37.7. The summed E-state index contributed by atoms with van der Waals surface area (Å²) in [5.74, 6) is -0.736. The Morgan fingerprint density at radius 1 is 1.09 bits per heavy atom. The topological polar surface area (TPSA) is 88.9 Å². The summed E-state index contributed by atoms with van der Waals surface area (Å²) in [6.45, 7) is 6.11. The molecule has 0 aliphatic carbocycles. The van der Waals surface area contributed by atoms with Gasteiger partial charge in [-0.15, -0.1) is 0 Å². The number of hydrogen-bond donors (Lipinski definition) is 1. The van der Waals surface area contributed by atoms with E-state index in [4.69, 9.17) is 20.8 Å². The molecule has 2 aromatic carbocycles. The van der Waals surface area contributed by atoms with Gasteiger partial charge in [0.25, 0.3) is 11.8 Å². The summed E-state index contributed by atoms with van der Waals surface area (Å²) in [5.41, 5.74) is 6.06. The molecule has 1 fully saturated rings. The maximum atomic E-state index is 12.9. The molecule has 0 bridgehead atoms. The third-order valence-corrected chi connectivity index (χ3v) is 5.79. The number of nitrogens with one attached hydrogen (secondary N) is 1. The van der Waals surface area contributed by atoms with Crippen LogP contribution in [-0.2, 0) is 14.3 Å². The van der Waals surface area contributed by atoms with Crippen molar-refractivity contribution in [2.45, 2.75) is 27.2 Å². The van der Waals surface area contributed by atoms with Crippen molar-refractivity contribution in [1.29, 1.82) is 0 Å². The van der Waals surface area contributed by atoms with Gasteiger partial charge in [0.2, 0.25) is 0 Å². The monoisotopic (exact) mass is 478 g/mol. The predicted octanol–water partition coefficient (Wildman–Crippen LogP) is 5.25. The highest BCUT2D eigenvalue weighted by atomic mass is 35.5. The number of benzene rings is 2. The first kappa shape index (κ1) is 23.3. The van der Waals surface area contributed by atoms with Crippen molar-refractivity contribution in [3.05, 3.63) is 81.6 Å². The first-order valence-electron chi connectivity index (χ1n) is 10.8. The van der Waals surface area contributed by atoms with Crippen LogP contribution >= 0.6 is 11.6 Å². The van der Waals surface area contributed by atoms with Gasteiger partial charge in [0.1, 0.15) is 17.1 Å². The van der Waals surface area contributed by atoms with Gasteiger partial charge in [0.15, 0.2) is 0 Å². The number of aryl methyl sites for hydroxylation is 2. The number of furan rings is 1. The normalized spacial score (nSPS) is 14.6. The third-order valence-electron chi connectivity index (χ3n) is 5.46. The number of rotatable bonds is 6. The molecule has 1 aliphatic rings. The van der Waals surface area contributed by atoms with E-state index in [1.807, 2.05) is 32.9 Å². The summed E-state index contributed by atoms with van der Waals surface area (Å²) < 4.78 is 11.0. The number of ether oxygens (including phenoxy) is 1. The Bertz CT molecular complexity index is 1320. The fraction of sp³-hybridized carbons (Fsp3) is 0.192. The summed E-state index contributed by atoms with van der Waals surface area (Å²) in [7, 11) is 0. The van der Waals surface area contributed by atoms with Crippen molar-refractivity contribution in [1.82, 2.24) is 5.43 Å². The van der Waals surface area contributed by atoms with Gasteiger partial charge in [0.05, 0.1) is 22.9 Å². The van der Waals surface area contributed by atoms with Gasteiger partial charge in [-0.2, -0.15) is 0 Å². The highest BCUT2D eigenvalue weighted by Gasteiger charge is 2.35. The Hall–Kier alpha value is -3.84. The van der Waals surface area contributed by atoms with Crippen LogP contribution in [0.2, 0.25) is 5.02 Å². The Morgan fingerprint density at radius 2 is 1.88 bits per heavy atom. The van der Waals surface area contributed by atoms with Crippen LogP contribution in [0.1, 0.15) is 40.6 Å². The standard InChI is InChI=1S/C26H23ClN2O5/c1-4-11-33-26(32)20-13-17(6-9-22(20)27)23-10-8-19(34-23)14-21-24(30)28-29(25(21)31)18-7-5-15(2)16(3)12-18/h5-10,12-14H,4,11H2,1-3H3,(H,28,30)/b21-14+. The largest absolute Gasteiger partial charge is 0.462 e. The maximum Gasteiger partial charge on any atom is 0.339 e. The van der Waals surface area contributed by atoms with Crippen LogP contribution in [0.4, 0.5) is 5.69 Å². The Labute approximate surface area is 201 Å². The van der Waals surface area contributed by atoms with Crippen molar-refractivity contribution >= 4 is 41.1 Å². The van der Waals surface area contributed by atoms with Gasteiger partial charge in [0, 0.05) is 5.56 Å². The lowest BCUT2D eigenvalue weighted by atomic mass is 10.1. The van der Waals surface area contributed by atoms with Crippen LogP contribution in [0.25, 0.3) is 17.4 Å². The van der Waals surface area contributed by atoms with Crippen LogP contribution in [0.3, 0.4) is 0 Å². The molecule has 2 amide bonds. The van der Waals surface area contributed by atoms with E-state index < -0.39 is 17.8 Å². The second-order valence-electron chi connectivity index (χ2n) is 7.94. The van der Waals surface area contributed by atoms with E-state index in [1.54, 1.807) is 36.4 Å². The van der Waals surface area contributed by atoms with Gasteiger partial charge in [-0.3, -0.25) is 15.0 Å². The molecular weight excluding hydrogens is 456 g/mol. The number of carbonyl (C=O) groups excluding carboxylic acids is 3. The molecule has 4 rings (SSSR count). The first-order chi connectivity index (χ1) is 16.3. The van der Waals surface area contributed by atoms with Crippen molar-refractivity contribution in [2.24, 2.45) is 0 Å². The number of hydrogen-bond acceptors (Lipinski definition) is 5. The minimum absolute atomic E-state index is 0.0425. The molecule has 1 N–H and O–H groups in total. The summed E-state index contributed by atoms with van der Waals surface area (Å²) >= 11 is 6.16. The third kappa shape index (κ3) is 4.61. The van der Waals surface area contributed by atoms with E-state index in [2.05, 4.69) is 5.43 Å². The van der Waals surface area contributed by atoms with Crippen molar-refractivity contribution in [3.63, 3.8) is 0 Å². The number of halogens is 1. The number of carbonyl (C=O) groups is 3. The zero-order valence-electron chi connectivity index (χ0n) is 19.0. The van der Waals surface area contributed by atoms with E-state index in [1.165, 1.54) is 11.1 Å². The lowest BCUT2D eigenvalue weighted by molar-refractivity contribution is -0.117. The Kier molecular flexibility index (Phi) is 6.56. The van der Waals surface area contributed by atoms with Gasteiger partial charge in [-0.1, -0.05) is 24.6 Å². The lowest BCUT2D eigenvalue weighted by Gasteiger charge is -2.15. The number of hydrazine groups is 1. The Balaban J connectivity index is 1.58. The van der Waals surface area contributed by atoms with Gasteiger partial charge in [-0.25, -0.2) is 9.80 Å². The number of esters is 1. The minimum atomic E-state index is -0.520. The zero-order valence-corrected chi connectivity index (χ0v) is 19.7. The summed E-state index contributed by atoms with van der Waals surface area (Å²) in [6.07, 6.45) is 2.10. The quantitative estimate of drug-likeness (QED) is 0.297. The van der Waals surface area contributed by atoms with Crippen LogP contribution in [0.15, 0.2) is 58.5 Å². The summed E-state index contributed by atoms with van der Waals surface area (Å²) in [6, 6.07) is 13.7. The van der Waals surface area contributed by atoms with Gasteiger partial charge < -0.3 is 9.15 Å². The van der Waals surface area contributed by atoms with Gasteiger partial charge in [-0.05, 0) is 79.9 Å². The first-order valence-corrected chi connectivity index (χ1v) is 11.2. The smallest absolute Gasteiger partial charge is 0.339 e. The lowest BCUT2D eigenvalue weighted by Crippen LogP contribution is -2.35. The molecule has 7 nitrogen and oxygen atoms in total. The molecule has 174 valence electrons. The fourth-order valence-corrected chi connectivity index (χ4v) is 3.63. The number of nitrogens with zero attached hydrogens (tertiary/aromatic N) is 1. The molecule has 0 unspecified atom stereocenters. The molecule has 2 heterocycles. The summed E-state index contributed by atoms with van der Waals surface area (Å²) in [5, 5.41) is 1.50. The van der Waals surface area contributed by atoms with E-state index in [9.17, 15) is 14.4 Å². The maximum absolute atomic E-state index is 12.9.